The molecule has 1 amide bonds. The van der Waals surface area contributed by atoms with Gasteiger partial charge < -0.3 is 20.1 Å². The van der Waals surface area contributed by atoms with Crippen molar-refractivity contribution in [2.24, 2.45) is 0 Å². The van der Waals surface area contributed by atoms with Crippen molar-refractivity contribution in [1.82, 2.24) is 9.88 Å². The van der Waals surface area contributed by atoms with Crippen molar-refractivity contribution in [2.75, 3.05) is 32.1 Å². The Labute approximate surface area is 183 Å². The number of amides is 1. The topological polar surface area (TPSA) is 91.8 Å². The largest absolute Gasteiger partial charge is 0.466 e. The van der Waals surface area contributed by atoms with Crippen molar-refractivity contribution in [3.8, 4) is 21.8 Å². The molecule has 2 N–H and O–H groups in total. The smallest absolute Gasteiger partial charge is 0.337 e. The van der Waals surface area contributed by atoms with E-state index in [2.05, 4.69) is 5.32 Å². The van der Waals surface area contributed by atoms with E-state index in [-0.39, 0.29) is 36.9 Å². The molecule has 1 aliphatic rings. The molecule has 8 heteroatoms. The first-order chi connectivity index (χ1) is 15.1. The number of carbonyl (C=O) groups excluding carboxylic acids is 2. The number of nitrogens with one attached hydrogen (secondary N) is 1. The van der Waals surface area contributed by atoms with Crippen molar-refractivity contribution < 1.29 is 19.4 Å². The second kappa shape index (κ2) is 9.11. The monoisotopic (exact) mass is 435 g/mol. The zero-order chi connectivity index (χ0) is 21.8. The molecule has 0 saturated carbocycles. The van der Waals surface area contributed by atoms with E-state index in [1.54, 1.807) is 0 Å². The second-order valence-corrected chi connectivity index (χ2v) is 7.76. The maximum Gasteiger partial charge on any atom is 0.337 e. The lowest BCUT2D eigenvalue weighted by atomic mass is 10.1. The minimum absolute atomic E-state index is 0.0982. The number of hydrogen-bond acceptors (Lipinski definition) is 7. The molecule has 0 radical (unpaired) electrons. The number of nitrogens with zero attached hydrogens (tertiary/aromatic N) is 2. The first-order valence-electron chi connectivity index (χ1n) is 9.70. The van der Waals surface area contributed by atoms with E-state index in [1.807, 2.05) is 60.0 Å². The highest BCUT2D eigenvalue weighted by Crippen LogP contribution is 2.31. The minimum Gasteiger partial charge on any atom is -0.466 e. The third kappa shape index (κ3) is 4.35. The van der Waals surface area contributed by atoms with Crippen LogP contribution in [0.15, 0.2) is 71.2 Å². The number of carbonyl (C=O) groups is 2. The van der Waals surface area contributed by atoms with Crippen molar-refractivity contribution in [2.45, 2.75) is 0 Å². The van der Waals surface area contributed by atoms with Crippen LogP contribution in [0.2, 0.25) is 0 Å². The predicted molar refractivity (Wildman–Crippen MR) is 119 cm³/mol. The van der Waals surface area contributed by atoms with E-state index in [1.165, 1.54) is 23.3 Å². The molecule has 0 bridgehead atoms. The highest BCUT2D eigenvalue weighted by molar-refractivity contribution is 7.13. The Morgan fingerprint density at radius 1 is 1.19 bits per heavy atom. The van der Waals surface area contributed by atoms with Gasteiger partial charge in [-0.3, -0.25) is 4.79 Å². The van der Waals surface area contributed by atoms with Crippen LogP contribution in [0.1, 0.15) is 0 Å². The Hall–Kier alpha value is -3.49. The van der Waals surface area contributed by atoms with E-state index in [4.69, 9.17) is 9.72 Å². The summed E-state index contributed by atoms with van der Waals surface area (Å²) in [6.07, 6.45) is 0. The first kappa shape index (κ1) is 20.8. The molecule has 1 aliphatic heterocycles. The lowest BCUT2D eigenvalue weighted by Gasteiger charge is -2.15. The fourth-order valence-electron chi connectivity index (χ4n) is 3.37. The summed E-state index contributed by atoms with van der Waals surface area (Å²) in [6, 6.07) is 17.5. The van der Waals surface area contributed by atoms with Crippen molar-refractivity contribution in [3.63, 3.8) is 0 Å². The molecule has 0 saturated heterocycles. The predicted octanol–water partition coefficient (Wildman–Crippen LogP) is 3.15. The van der Waals surface area contributed by atoms with Gasteiger partial charge in [0.1, 0.15) is 10.7 Å². The molecule has 1 aromatic heterocycles. The number of ether oxygens (including phenoxy) is 1. The summed E-state index contributed by atoms with van der Waals surface area (Å²) in [6.45, 7) is 0.0592. The average Bonchev–Trinajstić information content (AvgIpc) is 3.41. The number of methoxy groups -OCH3 is 1. The molecule has 31 heavy (non-hydrogen) atoms. The normalized spacial score (nSPS) is 13.6. The van der Waals surface area contributed by atoms with Gasteiger partial charge in [0.25, 0.3) is 5.91 Å². The van der Waals surface area contributed by atoms with Crippen LogP contribution >= 0.6 is 11.3 Å². The number of anilines is 1. The van der Waals surface area contributed by atoms with Gasteiger partial charge in [-0.2, -0.15) is 0 Å². The van der Waals surface area contributed by atoms with Gasteiger partial charge in [0.05, 0.1) is 31.5 Å². The van der Waals surface area contributed by atoms with Gasteiger partial charge in [-0.05, 0) is 12.1 Å². The van der Waals surface area contributed by atoms with Crippen LogP contribution in [-0.2, 0) is 14.3 Å². The standard InChI is InChI=1S/C23H21N3O4S/c1-30-23(29)18-13-26(10-11-27)22(28)20(18)24-17-9-5-8-16(12-17)21-25-19(14-31-21)15-6-3-2-4-7-15/h2-9,12,14,24,27H,10-11,13H2,1H3. The van der Waals surface area contributed by atoms with Crippen molar-refractivity contribution >= 4 is 28.9 Å². The average molecular weight is 436 g/mol. The zero-order valence-electron chi connectivity index (χ0n) is 16.9. The number of β-amino-alcohol motifs (C(OH)–C–C–N with tert-alkyl or cyclic N) is 1. The summed E-state index contributed by atoms with van der Waals surface area (Å²) in [5.74, 6) is -0.916. The molecule has 158 valence electrons. The van der Waals surface area contributed by atoms with Gasteiger partial charge in [0, 0.05) is 28.7 Å². The summed E-state index contributed by atoms with van der Waals surface area (Å²) in [5.41, 5.74) is 3.92. The highest BCUT2D eigenvalue weighted by atomic mass is 32.1. The van der Waals surface area contributed by atoms with Crippen molar-refractivity contribution in [1.29, 1.82) is 0 Å². The molecular formula is C23H21N3O4S. The number of thiazole rings is 1. The molecule has 3 aromatic rings. The van der Waals surface area contributed by atoms with Gasteiger partial charge in [0.15, 0.2) is 0 Å². The fourth-order valence-corrected chi connectivity index (χ4v) is 4.20. The SMILES string of the molecule is COC(=O)C1=C(Nc2cccc(-c3nc(-c4ccccc4)cs3)c2)C(=O)N(CCO)C1. The molecule has 7 nitrogen and oxygen atoms in total. The number of aromatic nitrogens is 1. The first-order valence-corrected chi connectivity index (χ1v) is 10.6. The summed E-state index contributed by atoms with van der Waals surface area (Å²) in [7, 11) is 1.28. The molecule has 2 heterocycles. The van der Waals surface area contributed by atoms with Crippen LogP contribution < -0.4 is 5.32 Å². The number of aliphatic hydroxyl groups excluding tert-OH is 1. The van der Waals surface area contributed by atoms with E-state index in [9.17, 15) is 14.7 Å². The Bertz CT molecular complexity index is 1140. The van der Waals surface area contributed by atoms with Crippen LogP contribution in [0.4, 0.5) is 5.69 Å². The Balaban J connectivity index is 1.60. The summed E-state index contributed by atoms with van der Waals surface area (Å²) in [5, 5.41) is 15.1. The zero-order valence-corrected chi connectivity index (χ0v) is 17.7. The van der Waals surface area contributed by atoms with Crippen LogP contribution in [-0.4, -0.2) is 53.7 Å². The lowest BCUT2D eigenvalue weighted by molar-refractivity contribution is -0.136. The van der Waals surface area contributed by atoms with Crippen LogP contribution in [0, 0.1) is 0 Å². The number of hydrogen-bond donors (Lipinski definition) is 2. The molecule has 0 spiro atoms. The van der Waals surface area contributed by atoms with Crippen LogP contribution in [0.25, 0.3) is 21.8 Å². The molecule has 0 aliphatic carbocycles. The molecule has 4 rings (SSSR count). The fraction of sp³-hybridized carbons (Fsp3) is 0.174. The Morgan fingerprint density at radius 3 is 2.71 bits per heavy atom. The molecule has 2 aromatic carbocycles. The maximum absolute atomic E-state index is 12.7. The third-order valence-corrected chi connectivity index (χ3v) is 5.80. The van der Waals surface area contributed by atoms with E-state index >= 15 is 0 Å². The van der Waals surface area contributed by atoms with Gasteiger partial charge in [-0.1, -0.05) is 42.5 Å². The Morgan fingerprint density at radius 2 is 1.97 bits per heavy atom. The summed E-state index contributed by atoms with van der Waals surface area (Å²) in [4.78, 5) is 31.0. The van der Waals surface area contributed by atoms with Crippen LogP contribution in [0.5, 0.6) is 0 Å². The summed E-state index contributed by atoms with van der Waals surface area (Å²) >= 11 is 1.54. The maximum atomic E-state index is 12.7. The second-order valence-electron chi connectivity index (χ2n) is 6.91. The quantitative estimate of drug-likeness (QED) is 0.554. The number of benzene rings is 2. The number of esters is 1. The van der Waals surface area contributed by atoms with Gasteiger partial charge in [-0.25, -0.2) is 9.78 Å². The van der Waals surface area contributed by atoms with Gasteiger partial charge in [-0.15, -0.1) is 11.3 Å². The highest BCUT2D eigenvalue weighted by Gasteiger charge is 2.34. The van der Waals surface area contributed by atoms with E-state index < -0.39 is 5.97 Å². The van der Waals surface area contributed by atoms with Gasteiger partial charge in [0.2, 0.25) is 0 Å². The molecule has 0 atom stereocenters. The molecule has 0 unspecified atom stereocenters. The van der Waals surface area contributed by atoms with Gasteiger partial charge >= 0.3 is 5.97 Å². The lowest BCUT2D eigenvalue weighted by Crippen LogP contribution is -2.31. The van der Waals surface area contributed by atoms with E-state index in [0.29, 0.717) is 5.69 Å². The summed E-state index contributed by atoms with van der Waals surface area (Å²) < 4.78 is 4.83. The third-order valence-electron chi connectivity index (χ3n) is 4.91. The molecular weight excluding hydrogens is 414 g/mol. The van der Waals surface area contributed by atoms with Crippen LogP contribution in [0.3, 0.4) is 0 Å². The molecule has 0 fully saturated rings. The number of aliphatic hydroxyl groups is 1. The Kier molecular flexibility index (Phi) is 6.11. The minimum atomic E-state index is -0.570. The van der Waals surface area contributed by atoms with E-state index in [0.717, 1.165) is 21.8 Å². The van der Waals surface area contributed by atoms with Crippen molar-refractivity contribution in [3.05, 3.63) is 71.2 Å². The number of rotatable bonds is 7.